The summed E-state index contributed by atoms with van der Waals surface area (Å²) in [4.78, 5) is 2.22. The summed E-state index contributed by atoms with van der Waals surface area (Å²) in [5.41, 5.74) is 0. The van der Waals surface area contributed by atoms with Gasteiger partial charge in [0.05, 0.1) is 6.10 Å². The summed E-state index contributed by atoms with van der Waals surface area (Å²) in [6.07, 6.45) is 1.15. The van der Waals surface area contributed by atoms with Crippen molar-refractivity contribution in [3.63, 3.8) is 0 Å². The third-order valence-electron chi connectivity index (χ3n) is 2.52. The van der Waals surface area contributed by atoms with E-state index in [1.54, 1.807) is 0 Å². The Labute approximate surface area is 83.1 Å². The summed E-state index contributed by atoms with van der Waals surface area (Å²) in [6.45, 7) is 4.22. The van der Waals surface area contributed by atoms with Crippen LogP contribution in [0.3, 0.4) is 0 Å². The van der Waals surface area contributed by atoms with Gasteiger partial charge in [-0.15, -0.1) is 0 Å². The first kappa shape index (κ1) is 10.5. The highest BCUT2D eigenvalue weighted by Crippen LogP contribution is 2.37. The molecule has 0 saturated heterocycles. The van der Waals surface area contributed by atoms with E-state index in [2.05, 4.69) is 34.8 Å². The molecule has 1 rings (SSSR count). The maximum absolute atomic E-state index is 9.34. The van der Waals surface area contributed by atoms with Gasteiger partial charge in [-0.25, -0.2) is 0 Å². The summed E-state index contributed by atoms with van der Waals surface area (Å²) < 4.78 is 0. The van der Waals surface area contributed by atoms with Crippen LogP contribution < -0.4 is 0 Å². The second kappa shape index (κ2) is 4.58. The molecule has 0 aromatic carbocycles. The molecule has 3 unspecified atom stereocenters. The van der Waals surface area contributed by atoms with Crippen LogP contribution in [0.1, 0.15) is 13.3 Å². The number of nitrogens with zero attached hydrogens (tertiary/aromatic N) is 1. The van der Waals surface area contributed by atoms with Crippen molar-refractivity contribution >= 4 is 15.9 Å². The van der Waals surface area contributed by atoms with Crippen LogP contribution in [-0.2, 0) is 0 Å². The van der Waals surface area contributed by atoms with E-state index in [1.807, 2.05) is 0 Å². The molecule has 72 valence electrons. The van der Waals surface area contributed by atoms with Crippen molar-refractivity contribution in [2.24, 2.45) is 11.8 Å². The Bertz CT molecular complexity index is 136. The third-order valence-corrected chi connectivity index (χ3v) is 3.27. The Hall–Kier alpha value is 0.400. The lowest BCUT2D eigenvalue weighted by Crippen LogP contribution is -2.31. The van der Waals surface area contributed by atoms with E-state index in [1.165, 1.54) is 6.42 Å². The average molecular weight is 236 g/mol. The van der Waals surface area contributed by atoms with Crippen molar-refractivity contribution in [2.45, 2.75) is 19.4 Å². The fourth-order valence-electron chi connectivity index (χ4n) is 1.54. The smallest absolute Gasteiger partial charge is 0.0763 e. The second-order valence-electron chi connectivity index (χ2n) is 4.00. The van der Waals surface area contributed by atoms with Gasteiger partial charge in [-0.2, -0.15) is 0 Å². The van der Waals surface area contributed by atoms with Crippen LogP contribution >= 0.6 is 15.9 Å². The maximum atomic E-state index is 9.34. The standard InChI is InChI=1S/C9H18BrNO/c1-7-3-8(7)5-11(2)6-9(12)4-10/h7-9,12H,3-6H2,1-2H3. The number of likely N-dealkylation sites (N-methyl/N-ethyl adjacent to an activating group) is 1. The van der Waals surface area contributed by atoms with E-state index >= 15 is 0 Å². The zero-order valence-electron chi connectivity index (χ0n) is 7.83. The van der Waals surface area contributed by atoms with Crippen LogP contribution in [0.5, 0.6) is 0 Å². The van der Waals surface area contributed by atoms with Crippen LogP contribution in [0, 0.1) is 11.8 Å². The van der Waals surface area contributed by atoms with Gasteiger partial charge >= 0.3 is 0 Å². The number of alkyl halides is 1. The normalized spacial score (nSPS) is 30.8. The van der Waals surface area contributed by atoms with Gasteiger partial charge in [0, 0.05) is 18.4 Å². The van der Waals surface area contributed by atoms with Crippen molar-refractivity contribution in [1.29, 1.82) is 0 Å². The number of rotatable bonds is 5. The van der Waals surface area contributed by atoms with E-state index in [-0.39, 0.29) is 6.10 Å². The molecule has 3 heteroatoms. The molecule has 1 N–H and O–H groups in total. The molecule has 0 radical (unpaired) electrons. The fraction of sp³-hybridized carbons (Fsp3) is 1.00. The van der Waals surface area contributed by atoms with Gasteiger partial charge < -0.3 is 10.0 Å². The molecule has 0 aromatic heterocycles. The van der Waals surface area contributed by atoms with Gasteiger partial charge in [-0.3, -0.25) is 0 Å². The van der Waals surface area contributed by atoms with E-state index < -0.39 is 0 Å². The van der Waals surface area contributed by atoms with Gasteiger partial charge in [0.15, 0.2) is 0 Å². The lowest BCUT2D eigenvalue weighted by Gasteiger charge is -2.18. The van der Waals surface area contributed by atoms with Gasteiger partial charge in [0.25, 0.3) is 0 Å². The topological polar surface area (TPSA) is 23.5 Å². The van der Waals surface area contributed by atoms with Crippen LogP contribution in [0.4, 0.5) is 0 Å². The Balaban J connectivity index is 2.07. The van der Waals surface area contributed by atoms with Crippen molar-refractivity contribution in [2.75, 3.05) is 25.5 Å². The van der Waals surface area contributed by atoms with E-state index in [0.717, 1.165) is 24.9 Å². The number of hydrogen-bond donors (Lipinski definition) is 1. The monoisotopic (exact) mass is 235 g/mol. The first-order valence-corrected chi connectivity index (χ1v) is 5.68. The molecule has 0 bridgehead atoms. The highest BCUT2D eigenvalue weighted by atomic mass is 79.9. The van der Waals surface area contributed by atoms with E-state index in [9.17, 15) is 5.11 Å². The molecule has 12 heavy (non-hydrogen) atoms. The molecule has 1 aliphatic carbocycles. The molecule has 0 aliphatic heterocycles. The molecule has 0 spiro atoms. The average Bonchev–Trinajstić information content (AvgIpc) is 2.66. The number of aliphatic hydroxyl groups excluding tert-OH is 1. The minimum absolute atomic E-state index is 0.218. The summed E-state index contributed by atoms with van der Waals surface area (Å²) >= 11 is 3.26. The minimum Gasteiger partial charge on any atom is -0.391 e. The second-order valence-corrected chi connectivity index (χ2v) is 4.65. The Morgan fingerprint density at radius 2 is 2.25 bits per heavy atom. The molecule has 3 atom stereocenters. The first-order chi connectivity index (χ1) is 5.63. The zero-order chi connectivity index (χ0) is 9.14. The van der Waals surface area contributed by atoms with E-state index in [0.29, 0.717) is 5.33 Å². The quantitative estimate of drug-likeness (QED) is 0.728. The summed E-state index contributed by atoms with van der Waals surface area (Å²) in [5, 5.41) is 10.0. The van der Waals surface area contributed by atoms with Crippen molar-refractivity contribution in [1.82, 2.24) is 4.90 Å². The van der Waals surface area contributed by atoms with Crippen LogP contribution in [-0.4, -0.2) is 41.6 Å². The van der Waals surface area contributed by atoms with Crippen molar-refractivity contribution in [3.05, 3.63) is 0 Å². The van der Waals surface area contributed by atoms with Gasteiger partial charge in [-0.05, 0) is 25.3 Å². The molecule has 0 aromatic rings. The minimum atomic E-state index is -0.218. The number of aliphatic hydroxyl groups is 1. The van der Waals surface area contributed by atoms with Crippen LogP contribution in [0.15, 0.2) is 0 Å². The molecule has 1 saturated carbocycles. The van der Waals surface area contributed by atoms with Gasteiger partial charge in [-0.1, -0.05) is 22.9 Å². The highest BCUT2D eigenvalue weighted by molar-refractivity contribution is 9.09. The Morgan fingerprint density at radius 3 is 2.67 bits per heavy atom. The molecule has 0 heterocycles. The van der Waals surface area contributed by atoms with Crippen LogP contribution in [0.2, 0.25) is 0 Å². The first-order valence-electron chi connectivity index (χ1n) is 4.56. The lowest BCUT2D eigenvalue weighted by atomic mass is 10.3. The maximum Gasteiger partial charge on any atom is 0.0763 e. The lowest BCUT2D eigenvalue weighted by molar-refractivity contribution is 0.143. The molecule has 0 amide bonds. The van der Waals surface area contributed by atoms with Crippen molar-refractivity contribution < 1.29 is 5.11 Å². The predicted molar refractivity (Wildman–Crippen MR) is 54.6 cm³/mol. The summed E-state index contributed by atoms with van der Waals surface area (Å²) in [6, 6.07) is 0. The molecular formula is C9H18BrNO. The van der Waals surface area contributed by atoms with Gasteiger partial charge in [0.1, 0.15) is 0 Å². The predicted octanol–water partition coefficient (Wildman–Crippen LogP) is 1.33. The molecule has 2 nitrogen and oxygen atoms in total. The number of hydrogen-bond acceptors (Lipinski definition) is 2. The molecular weight excluding hydrogens is 218 g/mol. The zero-order valence-corrected chi connectivity index (χ0v) is 9.42. The SMILES string of the molecule is CC1CC1CN(C)CC(O)CBr. The Kier molecular flexibility index (Phi) is 4.00. The highest BCUT2D eigenvalue weighted by Gasteiger charge is 2.33. The molecule has 1 aliphatic rings. The van der Waals surface area contributed by atoms with Crippen LogP contribution in [0.25, 0.3) is 0 Å². The largest absolute Gasteiger partial charge is 0.391 e. The molecule has 1 fully saturated rings. The van der Waals surface area contributed by atoms with Gasteiger partial charge in [0.2, 0.25) is 0 Å². The summed E-state index contributed by atoms with van der Waals surface area (Å²) in [5.74, 6) is 1.80. The summed E-state index contributed by atoms with van der Waals surface area (Å²) in [7, 11) is 2.08. The van der Waals surface area contributed by atoms with E-state index in [4.69, 9.17) is 0 Å². The van der Waals surface area contributed by atoms with Crippen molar-refractivity contribution in [3.8, 4) is 0 Å². The third kappa shape index (κ3) is 3.42. The fourth-order valence-corrected chi connectivity index (χ4v) is 1.74. The number of halogens is 1. The Morgan fingerprint density at radius 1 is 1.67 bits per heavy atom.